The van der Waals surface area contributed by atoms with Gasteiger partial charge < -0.3 is 14.2 Å². The summed E-state index contributed by atoms with van der Waals surface area (Å²) in [5.41, 5.74) is 1.53. The number of sulfonamides is 1. The summed E-state index contributed by atoms with van der Waals surface area (Å²) >= 11 is 4.76. The molecule has 0 aliphatic rings. The number of methoxy groups -OCH3 is 3. The average Bonchev–Trinajstić information content (AvgIpc) is 3.39. The van der Waals surface area contributed by atoms with E-state index in [1.807, 2.05) is 18.2 Å². The van der Waals surface area contributed by atoms with Gasteiger partial charge in [0.1, 0.15) is 0 Å². The molecule has 0 radical (unpaired) electrons. The molecule has 0 unspecified atom stereocenters. The fraction of sp³-hybridized carbons (Fsp3) is 0.250. The first-order valence-corrected chi connectivity index (χ1v) is 15.6. The number of carbonyl (C=O) groups excluding carboxylic acids is 1. The van der Waals surface area contributed by atoms with Crippen LogP contribution in [0.2, 0.25) is 0 Å². The molecule has 0 spiro atoms. The molecule has 0 N–H and O–H groups in total. The summed E-state index contributed by atoms with van der Waals surface area (Å²) in [6, 6.07) is 14.8. The Morgan fingerprint density at radius 1 is 0.976 bits per heavy atom. The minimum atomic E-state index is -3.67. The third-order valence-electron chi connectivity index (χ3n) is 6.17. The van der Waals surface area contributed by atoms with Gasteiger partial charge in [0, 0.05) is 28.7 Å². The van der Waals surface area contributed by atoms with E-state index < -0.39 is 15.9 Å². The number of nitrogens with zero attached hydrogens (tertiary/aromatic N) is 4. The third kappa shape index (κ3) is 6.38. The number of ether oxygens (including phenoxy) is 3. The fourth-order valence-corrected chi connectivity index (χ4v) is 7.00. The van der Waals surface area contributed by atoms with Crippen LogP contribution in [0.15, 0.2) is 69.1 Å². The van der Waals surface area contributed by atoms with Crippen molar-refractivity contribution < 1.29 is 27.4 Å². The number of anilines is 1. The number of rotatable bonds is 11. The number of hydrogen-bond donors (Lipinski definition) is 0. The molecule has 4 aromatic rings. The van der Waals surface area contributed by atoms with Gasteiger partial charge in [-0.15, -0.1) is 0 Å². The summed E-state index contributed by atoms with van der Waals surface area (Å²) in [6.07, 6.45) is 1.49. The Kier molecular flexibility index (Phi) is 9.64. The van der Waals surface area contributed by atoms with Gasteiger partial charge in [-0.2, -0.15) is 14.4 Å². The summed E-state index contributed by atoms with van der Waals surface area (Å²) in [5.74, 6) is 0.803. The van der Waals surface area contributed by atoms with Gasteiger partial charge in [0.25, 0.3) is 5.91 Å². The van der Waals surface area contributed by atoms with Crippen LogP contribution >= 0.6 is 27.3 Å². The second-order valence-corrected chi connectivity index (χ2v) is 12.4. The van der Waals surface area contributed by atoms with E-state index in [1.165, 1.54) is 72.5 Å². The highest BCUT2D eigenvalue weighted by Gasteiger charge is 2.25. The molecule has 0 bridgehead atoms. The Morgan fingerprint density at radius 2 is 1.61 bits per heavy atom. The zero-order chi connectivity index (χ0) is 29.7. The second kappa shape index (κ2) is 13.0. The Balaban J connectivity index is 1.76. The maximum Gasteiger partial charge on any atom is 0.280 e. The van der Waals surface area contributed by atoms with Crippen LogP contribution in [-0.4, -0.2) is 64.2 Å². The zero-order valence-electron chi connectivity index (χ0n) is 23.1. The normalized spacial score (nSPS) is 11.8. The van der Waals surface area contributed by atoms with Crippen LogP contribution in [0.3, 0.4) is 0 Å². The van der Waals surface area contributed by atoms with Gasteiger partial charge in [0.2, 0.25) is 20.9 Å². The van der Waals surface area contributed by atoms with Crippen molar-refractivity contribution in [2.75, 3.05) is 39.4 Å². The first-order valence-electron chi connectivity index (χ1n) is 12.5. The molecule has 0 aliphatic heterocycles. The van der Waals surface area contributed by atoms with Gasteiger partial charge in [0.05, 0.1) is 42.7 Å². The average molecular weight is 662 g/mol. The predicted molar refractivity (Wildman–Crippen MR) is 164 cm³/mol. The van der Waals surface area contributed by atoms with Crippen LogP contribution in [0, 0.1) is 0 Å². The summed E-state index contributed by atoms with van der Waals surface area (Å²) in [7, 11) is 0.862. The SMILES string of the molecule is CCN(CC)S(=O)(=O)c1ccc(C(=O)N(/N=C/c2cc(OC)c(OC)c(OC)c2)c2nc3ccc(Br)cc3s2)cc1. The van der Waals surface area contributed by atoms with Crippen LogP contribution in [0.5, 0.6) is 17.2 Å². The topological polar surface area (TPSA) is 111 Å². The summed E-state index contributed by atoms with van der Waals surface area (Å²) in [5, 5.41) is 6.04. The predicted octanol–water partition coefficient (Wildman–Crippen LogP) is 5.80. The number of hydrazone groups is 1. The van der Waals surface area contributed by atoms with E-state index in [1.54, 1.807) is 26.0 Å². The molecule has 1 heterocycles. The molecule has 0 fully saturated rings. The largest absolute Gasteiger partial charge is 0.493 e. The molecule has 1 amide bonds. The lowest BCUT2D eigenvalue weighted by Crippen LogP contribution is -2.30. The minimum absolute atomic E-state index is 0.107. The van der Waals surface area contributed by atoms with E-state index in [-0.39, 0.29) is 10.5 Å². The summed E-state index contributed by atoms with van der Waals surface area (Å²) in [6.45, 7) is 4.24. The summed E-state index contributed by atoms with van der Waals surface area (Å²) in [4.78, 5) is 18.5. The van der Waals surface area contributed by atoms with Gasteiger partial charge >= 0.3 is 0 Å². The first kappa shape index (κ1) is 30.4. The van der Waals surface area contributed by atoms with Crippen molar-refractivity contribution in [1.29, 1.82) is 0 Å². The molecule has 0 saturated heterocycles. The van der Waals surface area contributed by atoms with Crippen LogP contribution in [0.25, 0.3) is 10.2 Å². The molecular weight excluding hydrogens is 632 g/mol. The van der Waals surface area contributed by atoms with Crippen LogP contribution in [0.1, 0.15) is 29.8 Å². The lowest BCUT2D eigenvalue weighted by Gasteiger charge is -2.19. The van der Waals surface area contributed by atoms with E-state index in [0.717, 1.165) is 9.17 Å². The van der Waals surface area contributed by atoms with Crippen LogP contribution in [0.4, 0.5) is 5.13 Å². The Morgan fingerprint density at radius 3 is 2.17 bits per heavy atom. The van der Waals surface area contributed by atoms with E-state index in [9.17, 15) is 13.2 Å². The monoisotopic (exact) mass is 660 g/mol. The highest BCUT2D eigenvalue weighted by Crippen LogP contribution is 2.38. The summed E-state index contributed by atoms with van der Waals surface area (Å²) < 4.78 is 45.2. The molecule has 216 valence electrons. The smallest absolute Gasteiger partial charge is 0.280 e. The van der Waals surface area contributed by atoms with Gasteiger partial charge in [-0.3, -0.25) is 4.79 Å². The number of amides is 1. The molecular formula is C28H29BrN4O6S2. The van der Waals surface area contributed by atoms with Crippen molar-refractivity contribution in [2.24, 2.45) is 5.10 Å². The number of thiazole rings is 1. The molecule has 3 aromatic carbocycles. The van der Waals surface area contributed by atoms with Crippen molar-refractivity contribution in [2.45, 2.75) is 18.7 Å². The molecule has 13 heteroatoms. The quantitative estimate of drug-likeness (QED) is 0.148. The molecule has 10 nitrogen and oxygen atoms in total. The van der Waals surface area contributed by atoms with Crippen molar-refractivity contribution in [3.8, 4) is 17.2 Å². The first-order chi connectivity index (χ1) is 19.7. The number of carbonyl (C=O) groups is 1. The minimum Gasteiger partial charge on any atom is -0.493 e. The van der Waals surface area contributed by atoms with Crippen molar-refractivity contribution in [3.63, 3.8) is 0 Å². The van der Waals surface area contributed by atoms with Gasteiger partial charge in [0.15, 0.2) is 11.5 Å². The number of benzene rings is 3. The highest BCUT2D eigenvalue weighted by atomic mass is 79.9. The number of aromatic nitrogens is 1. The molecule has 0 saturated carbocycles. The van der Waals surface area contributed by atoms with E-state index in [2.05, 4.69) is 26.0 Å². The van der Waals surface area contributed by atoms with Gasteiger partial charge in [-0.25, -0.2) is 13.4 Å². The third-order valence-corrected chi connectivity index (χ3v) is 9.72. The Labute approximate surface area is 251 Å². The van der Waals surface area contributed by atoms with Crippen molar-refractivity contribution >= 4 is 64.8 Å². The fourth-order valence-electron chi connectivity index (χ4n) is 4.07. The molecule has 0 atom stereocenters. The van der Waals surface area contributed by atoms with E-state index >= 15 is 0 Å². The van der Waals surface area contributed by atoms with E-state index in [4.69, 9.17) is 14.2 Å². The van der Waals surface area contributed by atoms with Gasteiger partial charge in [-0.1, -0.05) is 41.1 Å². The maximum absolute atomic E-state index is 13.8. The maximum atomic E-state index is 13.8. The number of fused-ring (bicyclic) bond motifs is 1. The highest BCUT2D eigenvalue weighted by molar-refractivity contribution is 9.10. The van der Waals surface area contributed by atoms with Crippen molar-refractivity contribution in [1.82, 2.24) is 9.29 Å². The van der Waals surface area contributed by atoms with E-state index in [0.29, 0.717) is 46.5 Å². The number of hydrogen-bond acceptors (Lipinski definition) is 9. The van der Waals surface area contributed by atoms with Crippen LogP contribution < -0.4 is 19.2 Å². The lowest BCUT2D eigenvalue weighted by molar-refractivity contribution is 0.0987. The second-order valence-electron chi connectivity index (χ2n) is 8.54. The number of halogens is 1. The molecule has 41 heavy (non-hydrogen) atoms. The van der Waals surface area contributed by atoms with Crippen LogP contribution in [-0.2, 0) is 10.0 Å². The molecule has 1 aromatic heterocycles. The zero-order valence-corrected chi connectivity index (χ0v) is 26.3. The Bertz CT molecular complexity index is 1660. The lowest BCUT2D eigenvalue weighted by atomic mass is 10.2. The molecule has 4 rings (SSSR count). The van der Waals surface area contributed by atoms with Crippen molar-refractivity contribution in [3.05, 3.63) is 70.2 Å². The molecule has 0 aliphatic carbocycles. The Hall–Kier alpha value is -3.52. The standard InChI is InChI=1S/C28H29BrN4O6S2/c1-6-32(7-2)41(35,36)21-11-8-19(9-12-21)27(34)33(28-31-22-13-10-20(29)16-25(22)40-28)30-17-18-14-23(37-3)26(39-5)24(15-18)38-4/h8-17H,6-7H2,1-5H3/b30-17+. The van der Waals surface area contributed by atoms with Gasteiger partial charge in [-0.05, 0) is 54.6 Å².